The first-order chi connectivity index (χ1) is 14.7. The fourth-order valence-electron chi connectivity index (χ4n) is 3.59. The lowest BCUT2D eigenvalue weighted by atomic mass is 9.93. The van der Waals surface area contributed by atoms with Crippen molar-refractivity contribution in [2.75, 3.05) is 19.6 Å². The molecule has 30 heavy (non-hydrogen) atoms. The maximum atomic E-state index is 12.0. The largest absolute Gasteiger partial charge is 0.368 e. The van der Waals surface area contributed by atoms with Crippen LogP contribution in [0.15, 0.2) is 50.4 Å². The Morgan fingerprint density at radius 1 is 1.27 bits per heavy atom. The Hall–Kier alpha value is -3.14. The molecule has 3 N–H and O–H groups in total. The van der Waals surface area contributed by atoms with Crippen molar-refractivity contribution >= 4 is 11.8 Å². The molecule has 0 saturated carbocycles. The highest BCUT2D eigenvalue weighted by Crippen LogP contribution is 2.27. The van der Waals surface area contributed by atoms with E-state index in [0.29, 0.717) is 49.9 Å². The number of aryl methyl sites for hydroxylation is 1. The quantitative estimate of drug-likeness (QED) is 0.524. The average molecular weight is 411 g/mol. The first kappa shape index (κ1) is 20.1. The molecule has 1 aromatic rings. The maximum Gasteiger partial charge on any atom is 0.276 e. The van der Waals surface area contributed by atoms with Gasteiger partial charge in [-0.05, 0) is 25.8 Å². The predicted molar refractivity (Wildman–Crippen MR) is 107 cm³/mol. The standard InChI is InChI=1S/C20H25N7O3/c28-16(8-9-17-24-19(27-30-17)15-7-3-10-21-15)22-11-4-12-23-18-13-5-1-2-6-14(13)20(29)26-25-18/h1-2,5-6,14-15,21,23H,3-4,7-12H2,(H,22,28). The van der Waals surface area contributed by atoms with Crippen molar-refractivity contribution in [3.8, 4) is 0 Å². The maximum absolute atomic E-state index is 12.0. The van der Waals surface area contributed by atoms with Crippen molar-refractivity contribution in [2.45, 2.75) is 38.1 Å². The van der Waals surface area contributed by atoms with Crippen LogP contribution in [0.5, 0.6) is 0 Å². The third-order valence-electron chi connectivity index (χ3n) is 5.20. The first-order valence-corrected chi connectivity index (χ1v) is 10.3. The molecule has 158 valence electrons. The van der Waals surface area contributed by atoms with Gasteiger partial charge in [0, 0.05) is 31.5 Å². The van der Waals surface area contributed by atoms with Crippen LogP contribution >= 0.6 is 0 Å². The van der Waals surface area contributed by atoms with E-state index in [-0.39, 0.29) is 23.8 Å². The zero-order chi connectivity index (χ0) is 20.8. The van der Waals surface area contributed by atoms with Gasteiger partial charge in [0.25, 0.3) is 5.91 Å². The number of amides is 2. The van der Waals surface area contributed by atoms with Crippen molar-refractivity contribution in [3.63, 3.8) is 0 Å². The number of nitrogens with one attached hydrogen (secondary N) is 3. The third-order valence-corrected chi connectivity index (χ3v) is 5.20. The van der Waals surface area contributed by atoms with Crippen molar-refractivity contribution < 1.29 is 14.1 Å². The van der Waals surface area contributed by atoms with E-state index >= 15 is 0 Å². The van der Waals surface area contributed by atoms with Crippen LogP contribution in [-0.4, -0.2) is 41.6 Å². The minimum absolute atomic E-state index is 0.0564. The zero-order valence-electron chi connectivity index (χ0n) is 16.6. The number of rotatable bonds is 9. The van der Waals surface area contributed by atoms with Gasteiger partial charge in [-0.15, -0.1) is 10.2 Å². The molecule has 3 heterocycles. The molecule has 2 aliphatic heterocycles. The molecule has 1 fully saturated rings. The summed E-state index contributed by atoms with van der Waals surface area (Å²) in [7, 11) is 0. The van der Waals surface area contributed by atoms with E-state index in [1.54, 1.807) is 0 Å². The van der Waals surface area contributed by atoms with Crippen LogP contribution in [0.3, 0.4) is 0 Å². The number of hydrogen-bond acceptors (Lipinski definition) is 8. The molecule has 2 unspecified atom stereocenters. The van der Waals surface area contributed by atoms with Crippen molar-refractivity contribution in [3.05, 3.63) is 47.4 Å². The fourth-order valence-corrected chi connectivity index (χ4v) is 3.59. The summed E-state index contributed by atoms with van der Waals surface area (Å²) in [5.74, 6) is 1.11. The number of fused-ring (bicyclic) bond motifs is 1. The Labute approximate surface area is 174 Å². The lowest BCUT2D eigenvalue weighted by Crippen LogP contribution is -2.28. The van der Waals surface area contributed by atoms with Crippen molar-refractivity contribution in [1.82, 2.24) is 26.1 Å². The minimum Gasteiger partial charge on any atom is -0.368 e. The second-order valence-electron chi connectivity index (χ2n) is 7.39. The van der Waals surface area contributed by atoms with Crippen LogP contribution in [0.25, 0.3) is 0 Å². The lowest BCUT2D eigenvalue weighted by molar-refractivity contribution is -0.121. The second kappa shape index (κ2) is 9.57. The molecule has 2 atom stereocenters. The van der Waals surface area contributed by atoms with Gasteiger partial charge in [-0.1, -0.05) is 29.5 Å². The molecular weight excluding hydrogens is 386 g/mol. The molecule has 0 spiro atoms. The molecule has 4 rings (SSSR count). The van der Waals surface area contributed by atoms with Gasteiger partial charge in [-0.2, -0.15) is 4.98 Å². The van der Waals surface area contributed by atoms with Gasteiger partial charge in [0.15, 0.2) is 11.6 Å². The summed E-state index contributed by atoms with van der Waals surface area (Å²) in [5.41, 5.74) is 0.827. The predicted octanol–water partition coefficient (Wildman–Crippen LogP) is 1.47. The lowest BCUT2D eigenvalue weighted by Gasteiger charge is -2.20. The summed E-state index contributed by atoms with van der Waals surface area (Å²) < 4.78 is 5.24. The normalized spacial score (nSPS) is 22.5. The smallest absolute Gasteiger partial charge is 0.276 e. The summed E-state index contributed by atoms with van der Waals surface area (Å²) in [6.45, 7) is 2.11. The summed E-state index contributed by atoms with van der Waals surface area (Å²) in [6, 6.07) is 0.164. The SMILES string of the molecule is O=C(CCc1nc(C2CCCN2)no1)NCCCNC1=C2C=CC=CC2C(=O)N=N1. The third kappa shape index (κ3) is 4.88. The Morgan fingerprint density at radius 3 is 3.07 bits per heavy atom. The van der Waals surface area contributed by atoms with Gasteiger partial charge in [0.05, 0.1) is 12.0 Å². The number of carbonyl (C=O) groups excluding carboxylic acids is 2. The molecule has 1 aromatic heterocycles. The first-order valence-electron chi connectivity index (χ1n) is 10.3. The highest BCUT2D eigenvalue weighted by molar-refractivity contribution is 5.86. The van der Waals surface area contributed by atoms with E-state index in [9.17, 15) is 9.59 Å². The minimum atomic E-state index is -0.357. The van der Waals surface area contributed by atoms with Crippen LogP contribution in [-0.2, 0) is 16.0 Å². The number of nitrogens with zero attached hydrogens (tertiary/aromatic N) is 4. The molecule has 2 amide bonds. The molecule has 1 saturated heterocycles. The van der Waals surface area contributed by atoms with Gasteiger partial charge in [-0.25, -0.2) is 0 Å². The summed E-state index contributed by atoms with van der Waals surface area (Å²) in [4.78, 5) is 28.2. The van der Waals surface area contributed by atoms with Crippen LogP contribution < -0.4 is 16.0 Å². The van der Waals surface area contributed by atoms with Gasteiger partial charge in [0.1, 0.15) is 0 Å². The number of hydrogen-bond donors (Lipinski definition) is 3. The number of azo groups is 1. The van der Waals surface area contributed by atoms with Crippen LogP contribution in [0.4, 0.5) is 0 Å². The van der Waals surface area contributed by atoms with Crippen molar-refractivity contribution in [1.29, 1.82) is 0 Å². The van der Waals surface area contributed by atoms with E-state index in [1.807, 2.05) is 24.3 Å². The molecule has 0 radical (unpaired) electrons. The highest BCUT2D eigenvalue weighted by atomic mass is 16.5. The number of carbonyl (C=O) groups is 2. The van der Waals surface area contributed by atoms with E-state index < -0.39 is 0 Å². The van der Waals surface area contributed by atoms with Gasteiger partial charge in [-0.3, -0.25) is 9.59 Å². The van der Waals surface area contributed by atoms with Crippen molar-refractivity contribution in [2.24, 2.45) is 16.1 Å². The molecule has 10 nitrogen and oxygen atoms in total. The summed E-state index contributed by atoms with van der Waals surface area (Å²) in [5, 5.41) is 21.1. The Kier molecular flexibility index (Phi) is 6.43. The monoisotopic (exact) mass is 411 g/mol. The van der Waals surface area contributed by atoms with E-state index in [0.717, 1.165) is 25.0 Å². The van der Waals surface area contributed by atoms with Gasteiger partial charge >= 0.3 is 0 Å². The summed E-state index contributed by atoms with van der Waals surface area (Å²) >= 11 is 0. The highest BCUT2D eigenvalue weighted by Gasteiger charge is 2.27. The summed E-state index contributed by atoms with van der Waals surface area (Å²) in [6.07, 6.45) is 11.0. The van der Waals surface area contributed by atoms with Crippen LogP contribution in [0, 0.1) is 5.92 Å². The molecular formula is C20H25N7O3. The zero-order valence-corrected chi connectivity index (χ0v) is 16.6. The molecule has 3 aliphatic rings. The van der Waals surface area contributed by atoms with Gasteiger partial charge in [0.2, 0.25) is 11.8 Å². The second-order valence-corrected chi connectivity index (χ2v) is 7.39. The molecule has 10 heteroatoms. The Balaban J connectivity index is 1.14. The number of allylic oxidation sites excluding steroid dienone is 3. The molecule has 0 bridgehead atoms. The average Bonchev–Trinajstić information content (AvgIpc) is 3.45. The van der Waals surface area contributed by atoms with E-state index in [4.69, 9.17) is 4.52 Å². The van der Waals surface area contributed by atoms with E-state index in [2.05, 4.69) is 36.3 Å². The molecule has 1 aliphatic carbocycles. The Bertz CT molecular complexity index is 909. The van der Waals surface area contributed by atoms with Crippen LogP contribution in [0.2, 0.25) is 0 Å². The van der Waals surface area contributed by atoms with Crippen LogP contribution in [0.1, 0.15) is 43.4 Å². The fraction of sp³-hybridized carbons (Fsp3) is 0.500. The van der Waals surface area contributed by atoms with Gasteiger partial charge < -0.3 is 20.5 Å². The van der Waals surface area contributed by atoms with E-state index in [1.165, 1.54) is 0 Å². The molecule has 0 aromatic carbocycles. The number of aromatic nitrogens is 2. The topological polar surface area (TPSA) is 134 Å². The Morgan fingerprint density at radius 2 is 2.20 bits per heavy atom.